The number of ether oxygens (including phenoxy) is 2. The summed E-state index contributed by atoms with van der Waals surface area (Å²) in [5.41, 5.74) is 2.82. The van der Waals surface area contributed by atoms with Crippen LogP contribution in [-0.2, 0) is 0 Å². The molecule has 0 saturated heterocycles. The summed E-state index contributed by atoms with van der Waals surface area (Å²) in [7, 11) is 3.25. The van der Waals surface area contributed by atoms with Crippen molar-refractivity contribution < 1.29 is 14.6 Å². The van der Waals surface area contributed by atoms with Crippen molar-refractivity contribution in [1.82, 2.24) is 0 Å². The fourth-order valence-corrected chi connectivity index (χ4v) is 1.86. The first kappa shape index (κ1) is 12.3. The fourth-order valence-electron chi connectivity index (χ4n) is 1.86. The molecule has 3 heteroatoms. The Labute approximate surface area is 107 Å². The number of rotatable bonds is 3. The van der Waals surface area contributed by atoms with Crippen LogP contribution >= 0.6 is 0 Å². The number of hydrogen-bond acceptors (Lipinski definition) is 3. The third kappa shape index (κ3) is 2.25. The number of aryl methyl sites for hydroxylation is 1. The van der Waals surface area contributed by atoms with Crippen LogP contribution in [0.3, 0.4) is 0 Å². The summed E-state index contributed by atoms with van der Waals surface area (Å²) in [6, 6.07) is 11.2. The maximum atomic E-state index is 9.55. The minimum absolute atomic E-state index is 0.297. The van der Waals surface area contributed by atoms with Gasteiger partial charge in [0, 0.05) is 11.6 Å². The largest absolute Gasteiger partial charge is 0.508 e. The molecule has 2 rings (SSSR count). The lowest BCUT2D eigenvalue weighted by Gasteiger charge is -2.11. The molecule has 0 radical (unpaired) electrons. The maximum absolute atomic E-state index is 9.55. The minimum Gasteiger partial charge on any atom is -0.508 e. The Morgan fingerprint density at radius 3 is 2.33 bits per heavy atom. The molecule has 2 aromatic rings. The van der Waals surface area contributed by atoms with Gasteiger partial charge in [-0.2, -0.15) is 0 Å². The van der Waals surface area contributed by atoms with E-state index in [4.69, 9.17) is 9.47 Å². The summed E-state index contributed by atoms with van der Waals surface area (Å²) in [6.45, 7) is 1.87. The van der Waals surface area contributed by atoms with E-state index in [1.165, 1.54) is 0 Å². The Bertz CT molecular complexity index is 562. The second kappa shape index (κ2) is 5.00. The summed E-state index contributed by atoms with van der Waals surface area (Å²) in [6.07, 6.45) is 0. The van der Waals surface area contributed by atoms with Crippen molar-refractivity contribution in [3.8, 4) is 28.4 Å². The van der Waals surface area contributed by atoms with Crippen LogP contribution in [0.5, 0.6) is 17.2 Å². The third-order valence-electron chi connectivity index (χ3n) is 2.92. The van der Waals surface area contributed by atoms with Gasteiger partial charge in [0.05, 0.1) is 14.2 Å². The van der Waals surface area contributed by atoms with Gasteiger partial charge in [0.25, 0.3) is 0 Å². The number of hydrogen-bond donors (Lipinski definition) is 1. The summed E-state index contributed by atoms with van der Waals surface area (Å²) < 4.78 is 10.5. The van der Waals surface area contributed by atoms with Gasteiger partial charge in [-0.1, -0.05) is 6.07 Å². The monoisotopic (exact) mass is 244 g/mol. The van der Waals surface area contributed by atoms with E-state index in [-0.39, 0.29) is 0 Å². The summed E-state index contributed by atoms with van der Waals surface area (Å²) in [5.74, 6) is 1.80. The molecule has 2 aromatic carbocycles. The van der Waals surface area contributed by atoms with Crippen molar-refractivity contribution in [2.45, 2.75) is 6.92 Å². The van der Waals surface area contributed by atoms with Gasteiger partial charge < -0.3 is 14.6 Å². The molecule has 0 atom stereocenters. The van der Waals surface area contributed by atoms with E-state index in [1.807, 2.05) is 37.3 Å². The molecule has 0 bridgehead atoms. The van der Waals surface area contributed by atoms with Crippen molar-refractivity contribution in [3.05, 3.63) is 42.0 Å². The van der Waals surface area contributed by atoms with E-state index in [2.05, 4.69) is 0 Å². The molecular formula is C15H16O3. The molecule has 0 amide bonds. The molecule has 0 unspecified atom stereocenters. The molecule has 0 fully saturated rings. The smallest absolute Gasteiger partial charge is 0.130 e. The number of phenolic OH excluding ortho intramolecular Hbond substituents is 1. The molecule has 1 N–H and O–H groups in total. The summed E-state index contributed by atoms with van der Waals surface area (Å²) in [4.78, 5) is 0. The van der Waals surface area contributed by atoms with E-state index in [0.29, 0.717) is 5.75 Å². The topological polar surface area (TPSA) is 38.7 Å². The second-order valence-corrected chi connectivity index (χ2v) is 4.07. The van der Waals surface area contributed by atoms with E-state index in [1.54, 1.807) is 20.3 Å². The SMILES string of the molecule is COc1ccc(-c2ccc(O)c(C)c2)c(OC)c1. The zero-order chi connectivity index (χ0) is 13.1. The molecule has 0 spiro atoms. The molecule has 0 aliphatic carbocycles. The Kier molecular flexibility index (Phi) is 3.42. The Morgan fingerprint density at radius 2 is 1.72 bits per heavy atom. The van der Waals surface area contributed by atoms with Gasteiger partial charge in [0.15, 0.2) is 0 Å². The first-order valence-corrected chi connectivity index (χ1v) is 5.67. The zero-order valence-corrected chi connectivity index (χ0v) is 10.7. The van der Waals surface area contributed by atoms with Crippen LogP contribution in [0.1, 0.15) is 5.56 Å². The molecule has 0 aliphatic heterocycles. The summed E-state index contributed by atoms with van der Waals surface area (Å²) >= 11 is 0. The van der Waals surface area contributed by atoms with Crippen LogP contribution in [0, 0.1) is 6.92 Å². The van der Waals surface area contributed by atoms with Crippen molar-refractivity contribution >= 4 is 0 Å². The van der Waals surface area contributed by atoms with Gasteiger partial charge >= 0.3 is 0 Å². The lowest BCUT2D eigenvalue weighted by Crippen LogP contribution is -1.90. The van der Waals surface area contributed by atoms with Crippen LogP contribution in [0.15, 0.2) is 36.4 Å². The normalized spacial score (nSPS) is 10.2. The van der Waals surface area contributed by atoms with E-state index in [9.17, 15) is 5.11 Å². The van der Waals surface area contributed by atoms with E-state index >= 15 is 0 Å². The van der Waals surface area contributed by atoms with Gasteiger partial charge in [-0.3, -0.25) is 0 Å². The highest BCUT2D eigenvalue weighted by atomic mass is 16.5. The summed E-state index contributed by atoms with van der Waals surface area (Å²) in [5, 5.41) is 9.55. The average molecular weight is 244 g/mol. The van der Waals surface area contributed by atoms with Gasteiger partial charge in [-0.15, -0.1) is 0 Å². The number of phenols is 1. The highest BCUT2D eigenvalue weighted by Gasteiger charge is 2.08. The van der Waals surface area contributed by atoms with Gasteiger partial charge in [0.2, 0.25) is 0 Å². The lowest BCUT2D eigenvalue weighted by atomic mass is 10.0. The van der Waals surface area contributed by atoms with Crippen molar-refractivity contribution in [2.24, 2.45) is 0 Å². The predicted molar refractivity (Wildman–Crippen MR) is 71.4 cm³/mol. The molecule has 0 aromatic heterocycles. The Balaban J connectivity index is 2.52. The Morgan fingerprint density at radius 1 is 0.944 bits per heavy atom. The molecule has 0 saturated carbocycles. The molecule has 18 heavy (non-hydrogen) atoms. The predicted octanol–water partition coefficient (Wildman–Crippen LogP) is 3.38. The Hall–Kier alpha value is -2.16. The molecule has 0 heterocycles. The average Bonchev–Trinajstić information content (AvgIpc) is 2.41. The highest BCUT2D eigenvalue weighted by molar-refractivity contribution is 5.72. The number of benzene rings is 2. The van der Waals surface area contributed by atoms with Gasteiger partial charge in [0.1, 0.15) is 17.2 Å². The van der Waals surface area contributed by atoms with Crippen molar-refractivity contribution in [1.29, 1.82) is 0 Å². The van der Waals surface area contributed by atoms with Crippen LogP contribution < -0.4 is 9.47 Å². The quantitative estimate of drug-likeness (QED) is 0.899. The van der Waals surface area contributed by atoms with Crippen LogP contribution in [-0.4, -0.2) is 19.3 Å². The molecule has 3 nitrogen and oxygen atoms in total. The van der Waals surface area contributed by atoms with Gasteiger partial charge in [-0.05, 0) is 42.3 Å². The minimum atomic E-state index is 0.297. The van der Waals surface area contributed by atoms with E-state index in [0.717, 1.165) is 28.2 Å². The lowest BCUT2D eigenvalue weighted by molar-refractivity contribution is 0.395. The van der Waals surface area contributed by atoms with Crippen molar-refractivity contribution in [3.63, 3.8) is 0 Å². The van der Waals surface area contributed by atoms with Crippen molar-refractivity contribution in [2.75, 3.05) is 14.2 Å². The standard InChI is InChI=1S/C15H16O3/c1-10-8-11(4-7-14(10)16)13-6-5-12(17-2)9-15(13)18-3/h4-9,16H,1-3H3. The van der Waals surface area contributed by atoms with E-state index < -0.39 is 0 Å². The number of methoxy groups -OCH3 is 2. The zero-order valence-electron chi connectivity index (χ0n) is 10.7. The van der Waals surface area contributed by atoms with Crippen LogP contribution in [0.2, 0.25) is 0 Å². The first-order valence-electron chi connectivity index (χ1n) is 5.67. The van der Waals surface area contributed by atoms with Crippen LogP contribution in [0.25, 0.3) is 11.1 Å². The van der Waals surface area contributed by atoms with Gasteiger partial charge in [-0.25, -0.2) is 0 Å². The molecule has 94 valence electrons. The molecule has 0 aliphatic rings. The molecular weight excluding hydrogens is 228 g/mol. The number of aromatic hydroxyl groups is 1. The second-order valence-electron chi connectivity index (χ2n) is 4.07. The maximum Gasteiger partial charge on any atom is 0.130 e. The van der Waals surface area contributed by atoms with Crippen LogP contribution in [0.4, 0.5) is 0 Å². The third-order valence-corrected chi connectivity index (χ3v) is 2.92. The first-order chi connectivity index (χ1) is 8.65. The highest BCUT2D eigenvalue weighted by Crippen LogP contribution is 2.34. The fraction of sp³-hybridized carbons (Fsp3) is 0.200.